The summed E-state index contributed by atoms with van der Waals surface area (Å²) in [5, 5.41) is 2.40. The van der Waals surface area contributed by atoms with Gasteiger partial charge in [0, 0.05) is 5.56 Å². The van der Waals surface area contributed by atoms with Crippen molar-refractivity contribution >= 4 is 17.6 Å². The molecule has 2 aromatic rings. The van der Waals surface area contributed by atoms with E-state index < -0.39 is 35.0 Å². The van der Waals surface area contributed by atoms with Gasteiger partial charge in [0.15, 0.2) is 6.10 Å². The molecule has 1 aliphatic rings. The van der Waals surface area contributed by atoms with Crippen LogP contribution in [0.1, 0.15) is 38.2 Å². The summed E-state index contributed by atoms with van der Waals surface area (Å²) >= 11 is 0. The van der Waals surface area contributed by atoms with Crippen LogP contribution in [-0.4, -0.2) is 18.0 Å². The molecule has 4 nitrogen and oxygen atoms in total. The molecule has 0 bridgehead atoms. The molecule has 1 N–H and O–H groups in total. The van der Waals surface area contributed by atoms with Crippen LogP contribution in [0.4, 0.5) is 14.5 Å². The van der Waals surface area contributed by atoms with Gasteiger partial charge in [-0.25, -0.2) is 8.78 Å². The number of benzene rings is 2. The molecule has 1 amide bonds. The molecule has 0 aliphatic heterocycles. The Labute approximate surface area is 156 Å². The monoisotopic (exact) mass is 373 g/mol. The summed E-state index contributed by atoms with van der Waals surface area (Å²) < 4.78 is 33.4. The van der Waals surface area contributed by atoms with E-state index in [1.165, 1.54) is 31.2 Å². The van der Waals surface area contributed by atoms with Gasteiger partial charge in [0.05, 0.1) is 11.1 Å². The summed E-state index contributed by atoms with van der Waals surface area (Å²) in [4.78, 5) is 25.2. The fourth-order valence-electron chi connectivity index (χ4n) is 3.54. The van der Waals surface area contributed by atoms with Crippen molar-refractivity contribution in [2.75, 3.05) is 5.32 Å². The first kappa shape index (κ1) is 19.0. The van der Waals surface area contributed by atoms with E-state index >= 15 is 0 Å². The minimum atomic E-state index is -1.14. The van der Waals surface area contributed by atoms with Gasteiger partial charge in [-0.15, -0.1) is 0 Å². The molecular formula is C21H21F2NO3. The largest absolute Gasteiger partial charge is 0.452 e. The highest BCUT2D eigenvalue weighted by molar-refractivity contribution is 5.96. The number of carbonyl (C=O) groups is 2. The summed E-state index contributed by atoms with van der Waals surface area (Å²) in [6, 6.07) is 11.9. The number of esters is 1. The minimum absolute atomic E-state index is 0.00934. The van der Waals surface area contributed by atoms with Crippen molar-refractivity contribution in [3.8, 4) is 0 Å². The van der Waals surface area contributed by atoms with E-state index in [0.717, 1.165) is 12.8 Å². The van der Waals surface area contributed by atoms with E-state index in [1.807, 2.05) is 0 Å². The molecule has 27 heavy (non-hydrogen) atoms. The van der Waals surface area contributed by atoms with Gasteiger partial charge in [-0.3, -0.25) is 9.59 Å². The Morgan fingerprint density at radius 1 is 1.00 bits per heavy atom. The fraction of sp³-hybridized carbons (Fsp3) is 0.333. The summed E-state index contributed by atoms with van der Waals surface area (Å²) in [6.07, 6.45) is 1.35. The maximum Gasteiger partial charge on any atom is 0.317 e. The maximum absolute atomic E-state index is 14.3. The van der Waals surface area contributed by atoms with Crippen molar-refractivity contribution in [3.63, 3.8) is 0 Å². The number of rotatable bonds is 5. The molecule has 0 saturated heterocycles. The first-order valence-electron chi connectivity index (χ1n) is 8.95. The standard InChI is InChI=1S/C21H21F2NO3/c1-14(19(25)24-18-11-5-4-10-17(18)23)27-20(26)21(12-6-7-13-21)15-8-2-3-9-16(15)22/h2-5,8-11,14H,6-7,12-13H2,1H3,(H,24,25)/t14-/m1/s1. The molecule has 1 atom stereocenters. The topological polar surface area (TPSA) is 55.4 Å². The maximum atomic E-state index is 14.3. The third kappa shape index (κ3) is 3.84. The normalized spacial score (nSPS) is 16.6. The van der Waals surface area contributed by atoms with E-state index in [4.69, 9.17) is 4.74 Å². The molecule has 0 unspecified atom stereocenters. The molecule has 1 aliphatic carbocycles. The lowest BCUT2D eigenvalue weighted by atomic mass is 9.78. The van der Waals surface area contributed by atoms with Crippen LogP contribution < -0.4 is 5.32 Å². The van der Waals surface area contributed by atoms with Crippen LogP contribution in [0.5, 0.6) is 0 Å². The number of hydrogen-bond donors (Lipinski definition) is 1. The fourth-order valence-corrected chi connectivity index (χ4v) is 3.54. The number of nitrogens with one attached hydrogen (secondary N) is 1. The lowest BCUT2D eigenvalue weighted by Crippen LogP contribution is -2.40. The highest BCUT2D eigenvalue weighted by Gasteiger charge is 2.46. The van der Waals surface area contributed by atoms with Gasteiger partial charge < -0.3 is 10.1 Å². The Kier molecular flexibility index (Phi) is 5.54. The number of hydrogen-bond acceptors (Lipinski definition) is 3. The van der Waals surface area contributed by atoms with E-state index in [-0.39, 0.29) is 5.69 Å². The van der Waals surface area contributed by atoms with Crippen molar-refractivity contribution in [2.45, 2.75) is 44.1 Å². The molecule has 142 valence electrons. The first-order chi connectivity index (χ1) is 12.9. The van der Waals surface area contributed by atoms with Crippen LogP contribution in [0.2, 0.25) is 0 Å². The minimum Gasteiger partial charge on any atom is -0.452 e. The number of para-hydroxylation sites is 1. The second-order valence-electron chi connectivity index (χ2n) is 6.79. The second-order valence-corrected chi connectivity index (χ2v) is 6.79. The molecule has 0 spiro atoms. The lowest BCUT2D eigenvalue weighted by Gasteiger charge is -2.29. The number of amides is 1. The summed E-state index contributed by atoms with van der Waals surface area (Å²) in [5.74, 6) is -2.31. The average Bonchev–Trinajstić information content (AvgIpc) is 3.15. The summed E-state index contributed by atoms with van der Waals surface area (Å²) in [7, 11) is 0. The third-order valence-corrected chi connectivity index (χ3v) is 5.02. The zero-order valence-corrected chi connectivity index (χ0v) is 15.0. The van der Waals surface area contributed by atoms with Gasteiger partial charge >= 0.3 is 5.97 Å². The lowest BCUT2D eigenvalue weighted by molar-refractivity contribution is -0.159. The Hall–Kier alpha value is -2.76. The number of ether oxygens (including phenoxy) is 1. The Morgan fingerprint density at radius 2 is 1.59 bits per heavy atom. The van der Waals surface area contributed by atoms with Gasteiger partial charge in [0.25, 0.3) is 5.91 Å². The van der Waals surface area contributed by atoms with Crippen LogP contribution in [0.25, 0.3) is 0 Å². The van der Waals surface area contributed by atoms with Gasteiger partial charge in [0.1, 0.15) is 11.6 Å². The van der Waals surface area contributed by atoms with E-state index in [2.05, 4.69) is 5.32 Å². The van der Waals surface area contributed by atoms with Crippen molar-refractivity contribution in [1.29, 1.82) is 0 Å². The first-order valence-corrected chi connectivity index (χ1v) is 8.95. The smallest absolute Gasteiger partial charge is 0.317 e. The predicted octanol–water partition coefficient (Wildman–Crippen LogP) is 4.35. The Balaban J connectivity index is 1.75. The zero-order chi connectivity index (χ0) is 19.4. The van der Waals surface area contributed by atoms with Crippen molar-refractivity contribution in [3.05, 3.63) is 65.7 Å². The second kappa shape index (κ2) is 7.86. The molecule has 1 saturated carbocycles. The number of halogens is 2. The van der Waals surface area contributed by atoms with Crippen LogP contribution >= 0.6 is 0 Å². The Bertz CT molecular complexity index is 847. The van der Waals surface area contributed by atoms with Crippen molar-refractivity contribution < 1.29 is 23.1 Å². The molecule has 3 rings (SSSR count). The van der Waals surface area contributed by atoms with Gasteiger partial charge in [-0.2, -0.15) is 0 Å². The van der Waals surface area contributed by atoms with Crippen molar-refractivity contribution in [1.82, 2.24) is 0 Å². The van der Waals surface area contributed by atoms with Gasteiger partial charge in [0.2, 0.25) is 0 Å². The molecule has 0 heterocycles. The highest BCUT2D eigenvalue weighted by atomic mass is 19.1. The van der Waals surface area contributed by atoms with Crippen LogP contribution in [0.15, 0.2) is 48.5 Å². The molecule has 6 heteroatoms. The molecule has 0 radical (unpaired) electrons. The van der Waals surface area contributed by atoms with E-state index in [9.17, 15) is 18.4 Å². The molecule has 1 fully saturated rings. The van der Waals surface area contributed by atoms with Crippen LogP contribution in [0, 0.1) is 11.6 Å². The number of carbonyl (C=O) groups excluding carboxylic acids is 2. The van der Waals surface area contributed by atoms with E-state index in [0.29, 0.717) is 18.4 Å². The summed E-state index contributed by atoms with van der Waals surface area (Å²) in [5.41, 5.74) is -0.776. The SMILES string of the molecule is C[C@@H](OC(=O)C1(c2ccccc2F)CCCC1)C(=O)Nc1ccccc1F. The van der Waals surface area contributed by atoms with E-state index in [1.54, 1.807) is 24.3 Å². The van der Waals surface area contributed by atoms with Crippen LogP contribution in [-0.2, 0) is 19.7 Å². The molecular weight excluding hydrogens is 352 g/mol. The summed E-state index contributed by atoms with van der Waals surface area (Å²) in [6.45, 7) is 1.41. The Morgan fingerprint density at radius 3 is 2.22 bits per heavy atom. The van der Waals surface area contributed by atoms with Crippen molar-refractivity contribution in [2.24, 2.45) is 0 Å². The molecule has 2 aromatic carbocycles. The van der Waals surface area contributed by atoms with Crippen LogP contribution in [0.3, 0.4) is 0 Å². The van der Waals surface area contributed by atoms with Gasteiger partial charge in [-0.05, 0) is 38.0 Å². The zero-order valence-electron chi connectivity index (χ0n) is 15.0. The van der Waals surface area contributed by atoms with Gasteiger partial charge in [-0.1, -0.05) is 43.2 Å². The predicted molar refractivity (Wildman–Crippen MR) is 97.1 cm³/mol. The highest BCUT2D eigenvalue weighted by Crippen LogP contribution is 2.43. The number of anilines is 1. The third-order valence-electron chi connectivity index (χ3n) is 5.02. The molecule has 0 aromatic heterocycles. The quantitative estimate of drug-likeness (QED) is 0.793. The average molecular weight is 373 g/mol.